The monoisotopic (exact) mass is 330 g/mol. The van der Waals surface area contributed by atoms with Crippen molar-refractivity contribution < 1.29 is 8.42 Å². The molecule has 1 aromatic rings. The molecule has 2 rings (SSSR count). The van der Waals surface area contributed by atoms with Gasteiger partial charge in [-0.25, -0.2) is 13.1 Å². The highest BCUT2D eigenvalue weighted by Gasteiger charge is 2.30. The highest BCUT2D eigenvalue weighted by molar-refractivity contribution is 7.89. The number of hydrogen-bond acceptors (Lipinski definition) is 4. The van der Waals surface area contributed by atoms with E-state index in [-0.39, 0.29) is 5.41 Å². The normalized spacial score (nSPS) is 18.5. The highest BCUT2D eigenvalue weighted by Crippen LogP contribution is 2.37. The molecule has 0 radical (unpaired) electrons. The summed E-state index contributed by atoms with van der Waals surface area (Å²) in [6.07, 6.45) is 4.65. The van der Waals surface area contributed by atoms with Gasteiger partial charge in [-0.3, -0.25) is 0 Å². The SMILES string of the molecule is CC(C)NCc1cc(S(=O)(=O)NCC2(C)CCCC2)cs1. The van der Waals surface area contributed by atoms with E-state index in [1.54, 1.807) is 11.4 Å². The van der Waals surface area contributed by atoms with E-state index in [0.29, 0.717) is 17.5 Å². The van der Waals surface area contributed by atoms with E-state index < -0.39 is 10.0 Å². The molecule has 0 aromatic carbocycles. The Bertz CT molecular complexity index is 558. The number of hydrogen-bond donors (Lipinski definition) is 2. The lowest BCUT2D eigenvalue weighted by Gasteiger charge is -2.23. The highest BCUT2D eigenvalue weighted by atomic mass is 32.2. The van der Waals surface area contributed by atoms with Crippen LogP contribution in [-0.4, -0.2) is 21.0 Å². The van der Waals surface area contributed by atoms with Crippen molar-refractivity contribution in [2.45, 2.75) is 63.9 Å². The standard InChI is InChI=1S/C15H26N2O2S2/c1-12(2)16-9-13-8-14(10-20-13)21(18,19)17-11-15(3)6-4-5-7-15/h8,10,12,16-17H,4-7,9,11H2,1-3H3. The van der Waals surface area contributed by atoms with Crippen molar-refractivity contribution in [2.75, 3.05) is 6.54 Å². The summed E-state index contributed by atoms with van der Waals surface area (Å²) >= 11 is 1.49. The van der Waals surface area contributed by atoms with Crippen LogP contribution >= 0.6 is 11.3 Å². The second kappa shape index (κ2) is 6.77. The van der Waals surface area contributed by atoms with Crippen LogP contribution in [0.25, 0.3) is 0 Å². The topological polar surface area (TPSA) is 58.2 Å². The van der Waals surface area contributed by atoms with Gasteiger partial charge in [0.05, 0.1) is 4.90 Å². The molecule has 0 bridgehead atoms. The zero-order chi connectivity index (χ0) is 15.5. The molecule has 2 N–H and O–H groups in total. The third-order valence-corrected chi connectivity index (χ3v) is 6.59. The van der Waals surface area contributed by atoms with Crippen molar-refractivity contribution >= 4 is 21.4 Å². The summed E-state index contributed by atoms with van der Waals surface area (Å²) < 4.78 is 27.5. The van der Waals surface area contributed by atoms with Crippen LogP contribution in [0, 0.1) is 5.41 Å². The molecular formula is C15H26N2O2S2. The van der Waals surface area contributed by atoms with E-state index in [4.69, 9.17) is 0 Å². The molecule has 6 heteroatoms. The first-order valence-electron chi connectivity index (χ1n) is 7.61. The Morgan fingerprint density at radius 1 is 1.33 bits per heavy atom. The van der Waals surface area contributed by atoms with Crippen LogP contribution in [0.1, 0.15) is 51.3 Å². The van der Waals surface area contributed by atoms with Gasteiger partial charge in [-0.05, 0) is 24.3 Å². The molecule has 120 valence electrons. The molecule has 0 saturated heterocycles. The predicted molar refractivity (Wildman–Crippen MR) is 88.1 cm³/mol. The molecule has 1 saturated carbocycles. The fourth-order valence-corrected chi connectivity index (χ4v) is 5.08. The number of thiophene rings is 1. The van der Waals surface area contributed by atoms with Crippen LogP contribution in [0.4, 0.5) is 0 Å². The number of rotatable bonds is 7. The summed E-state index contributed by atoms with van der Waals surface area (Å²) in [6, 6.07) is 2.17. The Balaban J connectivity index is 1.96. The van der Waals surface area contributed by atoms with Gasteiger partial charge >= 0.3 is 0 Å². The molecule has 1 heterocycles. The lowest BCUT2D eigenvalue weighted by atomic mass is 9.89. The summed E-state index contributed by atoms with van der Waals surface area (Å²) in [6.45, 7) is 7.60. The van der Waals surface area contributed by atoms with Gasteiger partial charge in [0.2, 0.25) is 10.0 Å². The summed E-state index contributed by atoms with van der Waals surface area (Å²) in [7, 11) is -3.37. The quantitative estimate of drug-likeness (QED) is 0.807. The van der Waals surface area contributed by atoms with Crippen molar-refractivity contribution in [3.05, 3.63) is 16.3 Å². The first kappa shape index (κ1) is 16.9. The molecular weight excluding hydrogens is 304 g/mol. The van der Waals surface area contributed by atoms with Gasteiger partial charge in [0.25, 0.3) is 0 Å². The molecule has 0 atom stereocenters. The molecule has 0 spiro atoms. The third kappa shape index (κ3) is 4.77. The largest absolute Gasteiger partial charge is 0.310 e. The Labute approximate surface area is 132 Å². The van der Waals surface area contributed by atoms with Gasteiger partial charge in [0.1, 0.15) is 0 Å². The van der Waals surface area contributed by atoms with E-state index in [2.05, 4.69) is 30.8 Å². The molecule has 0 unspecified atom stereocenters. The van der Waals surface area contributed by atoms with E-state index >= 15 is 0 Å². The fraction of sp³-hybridized carbons (Fsp3) is 0.733. The molecule has 1 fully saturated rings. The lowest BCUT2D eigenvalue weighted by Crippen LogP contribution is -2.33. The maximum Gasteiger partial charge on any atom is 0.241 e. The zero-order valence-electron chi connectivity index (χ0n) is 13.1. The van der Waals surface area contributed by atoms with Gasteiger partial charge in [-0.1, -0.05) is 33.6 Å². The molecule has 1 aliphatic carbocycles. The van der Waals surface area contributed by atoms with E-state index in [1.165, 1.54) is 24.2 Å². The van der Waals surface area contributed by atoms with Crippen LogP contribution in [-0.2, 0) is 16.6 Å². The molecule has 1 aromatic heterocycles. The average molecular weight is 331 g/mol. The van der Waals surface area contributed by atoms with E-state index in [9.17, 15) is 8.42 Å². The van der Waals surface area contributed by atoms with Crippen molar-refractivity contribution in [1.82, 2.24) is 10.0 Å². The second-order valence-electron chi connectivity index (χ2n) is 6.63. The van der Waals surface area contributed by atoms with Crippen molar-refractivity contribution in [2.24, 2.45) is 5.41 Å². The minimum Gasteiger partial charge on any atom is -0.310 e. The Morgan fingerprint density at radius 2 is 2.00 bits per heavy atom. The molecule has 21 heavy (non-hydrogen) atoms. The Kier molecular flexibility index (Phi) is 5.46. The van der Waals surface area contributed by atoms with E-state index in [0.717, 1.165) is 24.3 Å². The summed E-state index contributed by atoms with van der Waals surface area (Å²) in [5.74, 6) is 0. The smallest absolute Gasteiger partial charge is 0.241 e. The Hall–Kier alpha value is -0.430. The molecule has 4 nitrogen and oxygen atoms in total. The summed E-state index contributed by atoms with van der Waals surface area (Å²) in [5.41, 5.74) is 0.130. The summed E-state index contributed by atoms with van der Waals surface area (Å²) in [4.78, 5) is 1.45. The van der Waals surface area contributed by atoms with Crippen LogP contribution in [0.5, 0.6) is 0 Å². The van der Waals surface area contributed by atoms with Crippen molar-refractivity contribution in [3.8, 4) is 0 Å². The average Bonchev–Trinajstić information content (AvgIpc) is 3.04. The maximum atomic E-state index is 12.4. The summed E-state index contributed by atoms with van der Waals surface area (Å²) in [5, 5.41) is 5.04. The van der Waals surface area contributed by atoms with Crippen LogP contribution < -0.4 is 10.0 Å². The maximum absolute atomic E-state index is 12.4. The van der Waals surface area contributed by atoms with Gasteiger partial charge in [0.15, 0.2) is 0 Å². The molecule has 1 aliphatic rings. The van der Waals surface area contributed by atoms with E-state index in [1.807, 2.05) is 0 Å². The van der Waals surface area contributed by atoms with Crippen LogP contribution in [0.2, 0.25) is 0 Å². The van der Waals surface area contributed by atoms with Gasteiger partial charge < -0.3 is 5.32 Å². The van der Waals surface area contributed by atoms with Crippen molar-refractivity contribution in [3.63, 3.8) is 0 Å². The fourth-order valence-electron chi connectivity index (χ4n) is 2.66. The van der Waals surface area contributed by atoms with Gasteiger partial charge in [-0.15, -0.1) is 11.3 Å². The minimum absolute atomic E-state index is 0.130. The number of nitrogens with one attached hydrogen (secondary N) is 2. The molecule has 0 amide bonds. The van der Waals surface area contributed by atoms with Gasteiger partial charge in [-0.2, -0.15) is 0 Å². The first-order valence-corrected chi connectivity index (χ1v) is 9.97. The molecule has 0 aliphatic heterocycles. The first-order chi connectivity index (χ1) is 9.81. The lowest BCUT2D eigenvalue weighted by molar-refractivity contribution is 0.336. The zero-order valence-corrected chi connectivity index (χ0v) is 14.7. The Morgan fingerprint density at radius 3 is 2.62 bits per heavy atom. The number of sulfonamides is 1. The van der Waals surface area contributed by atoms with Crippen LogP contribution in [0.15, 0.2) is 16.3 Å². The third-order valence-electron chi connectivity index (χ3n) is 4.12. The predicted octanol–water partition coefficient (Wildman–Crippen LogP) is 3.10. The van der Waals surface area contributed by atoms with Crippen molar-refractivity contribution in [1.29, 1.82) is 0 Å². The van der Waals surface area contributed by atoms with Gasteiger partial charge in [0, 0.05) is 29.4 Å². The second-order valence-corrected chi connectivity index (χ2v) is 9.39. The van der Waals surface area contributed by atoms with Crippen LogP contribution in [0.3, 0.4) is 0 Å². The minimum atomic E-state index is -3.37.